The van der Waals surface area contributed by atoms with E-state index < -0.39 is 136 Å². The summed E-state index contributed by atoms with van der Waals surface area (Å²) in [7, 11) is 0. The molecule has 0 spiro atoms. The van der Waals surface area contributed by atoms with E-state index in [1.54, 1.807) is 0 Å². The second-order valence-corrected chi connectivity index (χ2v) is 10.5. The van der Waals surface area contributed by atoms with Crippen molar-refractivity contribution in [1.29, 1.82) is 0 Å². The monoisotopic (exact) mass is 633 g/mol. The van der Waals surface area contributed by atoms with Crippen molar-refractivity contribution in [3.8, 4) is 0 Å². The topological polar surface area (TPSA) is 335 Å². The molecule has 3 heterocycles. The average molecular weight is 634 g/mol. The number of hydrogen-bond donors (Lipinski definition) is 13. The number of aliphatic carboxylic acids is 1. The van der Waals surface area contributed by atoms with E-state index in [9.17, 15) is 70.9 Å². The van der Waals surface area contributed by atoms with Gasteiger partial charge in [-0.05, 0) is 0 Å². The van der Waals surface area contributed by atoms with Gasteiger partial charge in [-0.3, -0.25) is 4.79 Å². The lowest BCUT2D eigenvalue weighted by atomic mass is 9.88. The number of carbonyl (C=O) groups is 2. The Hall–Kier alpha value is -1.70. The normalized spacial score (nSPS) is 45.3. The van der Waals surface area contributed by atoms with Gasteiger partial charge in [0.15, 0.2) is 12.6 Å². The summed E-state index contributed by atoms with van der Waals surface area (Å²) in [4.78, 5) is 24.0. The number of nitrogens with one attached hydrogen (secondary N) is 1. The van der Waals surface area contributed by atoms with Crippen molar-refractivity contribution in [2.45, 2.75) is 111 Å². The van der Waals surface area contributed by atoms with Crippen molar-refractivity contribution in [3.63, 3.8) is 0 Å². The first-order valence-corrected chi connectivity index (χ1v) is 13.2. The minimum atomic E-state index is -2.83. The first kappa shape index (κ1) is 35.8. The van der Waals surface area contributed by atoms with Crippen molar-refractivity contribution in [3.05, 3.63) is 0 Å². The van der Waals surface area contributed by atoms with Gasteiger partial charge >= 0.3 is 5.97 Å². The smallest absolute Gasteiger partial charge is 0.364 e. The Morgan fingerprint density at radius 3 is 2.14 bits per heavy atom. The van der Waals surface area contributed by atoms with Crippen LogP contribution in [0.4, 0.5) is 0 Å². The maximum absolute atomic E-state index is 12.3. The molecule has 0 aromatic carbocycles. The number of carbonyl (C=O) groups excluding carboxylic acids is 1. The van der Waals surface area contributed by atoms with E-state index in [1.165, 1.54) is 0 Å². The van der Waals surface area contributed by atoms with Gasteiger partial charge in [0.05, 0.1) is 32.0 Å². The molecule has 3 aliphatic rings. The highest BCUT2D eigenvalue weighted by Crippen LogP contribution is 2.35. The molecule has 13 N–H and O–H groups in total. The second kappa shape index (κ2) is 14.6. The van der Waals surface area contributed by atoms with Crippen molar-refractivity contribution >= 4 is 11.9 Å². The van der Waals surface area contributed by atoms with E-state index in [2.05, 4.69) is 5.32 Å². The molecule has 3 rings (SSSR count). The van der Waals surface area contributed by atoms with Crippen molar-refractivity contribution in [2.75, 3.05) is 19.8 Å². The summed E-state index contributed by atoms with van der Waals surface area (Å²) in [6.07, 6.45) is -27.0. The molecule has 43 heavy (non-hydrogen) atoms. The Bertz CT molecular complexity index is 942. The molecule has 0 radical (unpaired) electrons. The third kappa shape index (κ3) is 7.58. The first-order valence-electron chi connectivity index (χ1n) is 13.2. The molecule has 0 aliphatic carbocycles. The van der Waals surface area contributed by atoms with Crippen LogP contribution in [-0.2, 0) is 33.3 Å². The standard InChI is InChI=1S/C23H39NO19/c1-6(27)24-11-7(28)2-23(22(37)38,43-19(11)12(30)8(29)3-25)39-5-10-13(31)14(32)17(35)21(41-10)42-18-9(4-26)40-20(36)16(34)15(18)33/h7-21,25-26,28-36H,2-5H2,1H3,(H,24,27)(H,37,38)/t7-,8-,9?,10?,11?,12-,13?,14?,15?,16?,17?,18?,19?,20?,21?,23-/m1/s1. The van der Waals surface area contributed by atoms with Crippen LogP contribution in [0.2, 0.25) is 0 Å². The minimum absolute atomic E-state index is 0.719. The van der Waals surface area contributed by atoms with E-state index >= 15 is 0 Å². The van der Waals surface area contributed by atoms with Gasteiger partial charge in [0.2, 0.25) is 5.91 Å². The molecule has 3 aliphatic heterocycles. The Kier molecular flexibility index (Phi) is 12.1. The zero-order valence-corrected chi connectivity index (χ0v) is 22.7. The summed E-state index contributed by atoms with van der Waals surface area (Å²) in [6.45, 7) is -1.76. The molecule has 20 nitrogen and oxygen atoms in total. The molecule has 250 valence electrons. The van der Waals surface area contributed by atoms with Crippen molar-refractivity contribution < 1.29 is 94.6 Å². The molecule has 12 unspecified atom stereocenters. The number of carboxylic acids is 1. The number of carboxylic acid groups (broad SMARTS) is 1. The third-order valence-corrected chi connectivity index (χ3v) is 7.47. The third-order valence-electron chi connectivity index (χ3n) is 7.47. The first-order chi connectivity index (χ1) is 20.1. The van der Waals surface area contributed by atoms with Crippen LogP contribution < -0.4 is 5.32 Å². The maximum atomic E-state index is 12.3. The summed E-state index contributed by atoms with van der Waals surface area (Å²) in [5, 5.41) is 123. The highest BCUT2D eigenvalue weighted by atomic mass is 16.8. The van der Waals surface area contributed by atoms with Gasteiger partial charge in [0, 0.05) is 13.3 Å². The van der Waals surface area contributed by atoms with Crippen LogP contribution in [-0.4, -0.2) is 191 Å². The number of hydrogen-bond acceptors (Lipinski definition) is 18. The van der Waals surface area contributed by atoms with E-state index in [-0.39, 0.29) is 0 Å². The van der Waals surface area contributed by atoms with Crippen LogP contribution in [0.25, 0.3) is 0 Å². The van der Waals surface area contributed by atoms with Crippen LogP contribution in [0.15, 0.2) is 0 Å². The molecule has 0 aromatic heterocycles. The summed E-state index contributed by atoms with van der Waals surface area (Å²) in [6, 6.07) is -1.48. The molecule has 0 saturated carbocycles. The highest BCUT2D eigenvalue weighted by Gasteiger charge is 2.57. The Labute approximate surface area is 243 Å². The SMILES string of the molecule is CC(=O)NC1C([C@H](O)[C@H](O)CO)O[C@@](OCC2OC(OC3C(CO)OC(O)C(O)C3O)C(O)C(O)C2O)(C(=O)O)C[C@H]1O. The van der Waals surface area contributed by atoms with Crippen LogP contribution in [0, 0.1) is 0 Å². The largest absolute Gasteiger partial charge is 0.477 e. The Morgan fingerprint density at radius 1 is 0.930 bits per heavy atom. The number of amides is 1. The van der Waals surface area contributed by atoms with E-state index in [4.69, 9.17) is 23.7 Å². The fourth-order valence-electron chi connectivity index (χ4n) is 5.05. The molecule has 0 aromatic rings. The van der Waals surface area contributed by atoms with Gasteiger partial charge in [-0.1, -0.05) is 0 Å². The summed E-state index contributed by atoms with van der Waals surface area (Å²) >= 11 is 0. The molecular formula is C23H39NO19. The lowest BCUT2D eigenvalue weighted by Gasteiger charge is -2.48. The summed E-state index contributed by atoms with van der Waals surface area (Å²) in [5.74, 6) is -5.42. The second-order valence-electron chi connectivity index (χ2n) is 10.5. The lowest BCUT2D eigenvalue weighted by Crippen LogP contribution is -2.68. The van der Waals surface area contributed by atoms with Gasteiger partial charge < -0.3 is 90.3 Å². The zero-order valence-electron chi connectivity index (χ0n) is 22.7. The predicted molar refractivity (Wildman–Crippen MR) is 130 cm³/mol. The maximum Gasteiger partial charge on any atom is 0.364 e. The molecule has 16 atom stereocenters. The van der Waals surface area contributed by atoms with Gasteiger partial charge in [0.25, 0.3) is 5.79 Å². The zero-order chi connectivity index (χ0) is 32.4. The van der Waals surface area contributed by atoms with Gasteiger partial charge in [0.1, 0.15) is 67.1 Å². The lowest BCUT2D eigenvalue weighted by molar-refractivity contribution is -0.364. The molecule has 20 heteroatoms. The molecule has 0 bridgehead atoms. The fourth-order valence-corrected chi connectivity index (χ4v) is 5.05. The van der Waals surface area contributed by atoms with E-state index in [1.807, 2.05) is 0 Å². The molecule has 3 saturated heterocycles. The van der Waals surface area contributed by atoms with Gasteiger partial charge in [-0.15, -0.1) is 0 Å². The highest BCUT2D eigenvalue weighted by molar-refractivity contribution is 5.76. The van der Waals surface area contributed by atoms with Crippen LogP contribution >= 0.6 is 0 Å². The number of aliphatic hydroxyl groups is 11. The molecular weight excluding hydrogens is 594 g/mol. The number of aliphatic hydroxyl groups excluding tert-OH is 11. The number of ether oxygens (including phenoxy) is 5. The van der Waals surface area contributed by atoms with E-state index in [0.29, 0.717) is 0 Å². The van der Waals surface area contributed by atoms with Crippen molar-refractivity contribution in [2.24, 2.45) is 0 Å². The predicted octanol–water partition coefficient (Wildman–Crippen LogP) is -8.22. The minimum Gasteiger partial charge on any atom is -0.477 e. The van der Waals surface area contributed by atoms with Crippen LogP contribution in [0.5, 0.6) is 0 Å². The molecule has 1 amide bonds. The van der Waals surface area contributed by atoms with Crippen molar-refractivity contribution in [1.82, 2.24) is 5.32 Å². The quantitative estimate of drug-likeness (QED) is 0.100. The van der Waals surface area contributed by atoms with Crippen LogP contribution in [0.1, 0.15) is 13.3 Å². The van der Waals surface area contributed by atoms with E-state index in [0.717, 1.165) is 6.92 Å². The Morgan fingerprint density at radius 2 is 1.58 bits per heavy atom. The van der Waals surface area contributed by atoms with Gasteiger partial charge in [-0.2, -0.15) is 0 Å². The summed E-state index contributed by atoms with van der Waals surface area (Å²) < 4.78 is 26.7. The van der Waals surface area contributed by atoms with Gasteiger partial charge in [-0.25, -0.2) is 4.79 Å². The summed E-state index contributed by atoms with van der Waals surface area (Å²) in [5.41, 5.74) is 0. The fraction of sp³-hybridized carbons (Fsp3) is 0.913. The molecule has 3 fully saturated rings. The number of rotatable bonds is 11. The Balaban J connectivity index is 1.82. The van der Waals surface area contributed by atoms with Crippen LogP contribution in [0.3, 0.4) is 0 Å². The average Bonchev–Trinajstić information content (AvgIpc) is 2.96.